The fourth-order valence-electron chi connectivity index (χ4n) is 1.96. The van der Waals surface area contributed by atoms with E-state index >= 15 is 0 Å². The highest BCUT2D eigenvalue weighted by molar-refractivity contribution is 6.31. The number of carbonyl (C=O) groups is 1. The molecule has 1 aliphatic rings. The van der Waals surface area contributed by atoms with Gasteiger partial charge in [0.1, 0.15) is 0 Å². The van der Waals surface area contributed by atoms with Crippen molar-refractivity contribution in [2.75, 3.05) is 5.32 Å². The summed E-state index contributed by atoms with van der Waals surface area (Å²) in [5.41, 5.74) is -1.29. The third kappa shape index (κ3) is 5.36. The zero-order valence-electron chi connectivity index (χ0n) is 13.6. The Morgan fingerprint density at radius 2 is 1.96 bits per heavy atom. The number of allylic oxidation sites excluding steroid dienone is 2. The first kappa shape index (κ1) is 20.6. The van der Waals surface area contributed by atoms with Crippen LogP contribution in [0.2, 0.25) is 5.02 Å². The zero-order valence-corrected chi connectivity index (χ0v) is 14.3. The second-order valence-electron chi connectivity index (χ2n) is 5.11. The largest absolute Gasteiger partial charge is 0.586 e. The number of rotatable bonds is 3. The Hall–Kier alpha value is -2.75. The lowest BCUT2D eigenvalue weighted by Crippen LogP contribution is -2.27. The number of hydrogen-bond donors (Lipinski definition) is 2. The van der Waals surface area contributed by atoms with Crippen molar-refractivity contribution in [2.45, 2.75) is 19.4 Å². The van der Waals surface area contributed by atoms with Crippen LogP contribution in [0, 0.1) is 0 Å². The quantitative estimate of drug-likeness (QED) is 0.658. The second kappa shape index (κ2) is 7.47. The molecule has 0 saturated carbocycles. The number of anilines is 1. The van der Waals surface area contributed by atoms with Gasteiger partial charge in [0.05, 0.1) is 10.6 Å². The summed E-state index contributed by atoms with van der Waals surface area (Å²) in [4.78, 5) is 12.0. The third-order valence-corrected chi connectivity index (χ3v) is 3.46. The van der Waals surface area contributed by atoms with Crippen molar-refractivity contribution in [1.82, 2.24) is 5.32 Å². The number of ether oxygens (including phenoxy) is 2. The number of urea groups is 1. The molecule has 5 nitrogen and oxygen atoms in total. The van der Waals surface area contributed by atoms with Gasteiger partial charge in [-0.25, -0.2) is 4.79 Å². The number of alkyl halides is 5. The molecular weight excluding hydrogens is 399 g/mol. The Morgan fingerprint density at radius 1 is 1.30 bits per heavy atom. The molecule has 1 aromatic carbocycles. The molecule has 1 heterocycles. The topological polar surface area (TPSA) is 59.6 Å². The van der Waals surface area contributed by atoms with Crippen LogP contribution in [-0.2, 0) is 15.7 Å². The van der Waals surface area contributed by atoms with Crippen LogP contribution in [0.5, 0.6) is 0 Å². The van der Waals surface area contributed by atoms with Gasteiger partial charge in [-0.1, -0.05) is 24.3 Å². The number of benzene rings is 1. The molecule has 146 valence electrons. The molecule has 0 bridgehead atoms. The van der Waals surface area contributed by atoms with Crippen molar-refractivity contribution in [1.29, 1.82) is 0 Å². The van der Waals surface area contributed by atoms with Crippen LogP contribution in [0.3, 0.4) is 0 Å². The van der Waals surface area contributed by atoms with Gasteiger partial charge in [-0.3, -0.25) is 0 Å². The molecule has 0 aliphatic carbocycles. The smallest absolute Gasteiger partial charge is 0.396 e. The summed E-state index contributed by atoms with van der Waals surface area (Å²) in [5, 5.41) is 3.92. The van der Waals surface area contributed by atoms with E-state index in [0.29, 0.717) is 6.07 Å². The van der Waals surface area contributed by atoms with E-state index in [1.165, 1.54) is 19.1 Å². The van der Waals surface area contributed by atoms with E-state index in [2.05, 4.69) is 26.7 Å². The minimum atomic E-state index is -4.70. The van der Waals surface area contributed by atoms with Crippen molar-refractivity contribution in [3.05, 3.63) is 64.7 Å². The Bertz CT molecular complexity index is 834. The minimum Gasteiger partial charge on any atom is -0.396 e. The van der Waals surface area contributed by atoms with Gasteiger partial charge in [0.15, 0.2) is 11.5 Å². The lowest BCUT2D eigenvalue weighted by molar-refractivity contribution is -0.326. The van der Waals surface area contributed by atoms with Gasteiger partial charge in [0, 0.05) is 17.5 Å². The monoisotopic (exact) mass is 410 g/mol. The van der Waals surface area contributed by atoms with E-state index in [4.69, 9.17) is 11.6 Å². The molecule has 1 saturated heterocycles. The molecule has 1 aliphatic heterocycles. The predicted molar refractivity (Wildman–Crippen MR) is 86.7 cm³/mol. The number of hydrogen-bond acceptors (Lipinski definition) is 3. The lowest BCUT2D eigenvalue weighted by Gasteiger charge is -2.12. The summed E-state index contributed by atoms with van der Waals surface area (Å²) in [6.45, 7) is 4.72. The molecule has 2 amide bonds. The average molecular weight is 411 g/mol. The second-order valence-corrected chi connectivity index (χ2v) is 5.52. The van der Waals surface area contributed by atoms with E-state index in [9.17, 15) is 26.7 Å². The zero-order chi connectivity index (χ0) is 20.4. The molecular formula is C16H12ClF5N2O3. The van der Waals surface area contributed by atoms with Crippen molar-refractivity contribution in [3.63, 3.8) is 0 Å². The molecule has 27 heavy (non-hydrogen) atoms. The minimum absolute atomic E-state index is 0.00922. The molecule has 0 aromatic heterocycles. The molecule has 2 N–H and O–H groups in total. The summed E-state index contributed by atoms with van der Waals surface area (Å²) in [7, 11) is 0. The third-order valence-electron chi connectivity index (χ3n) is 3.13. The Morgan fingerprint density at radius 3 is 2.48 bits per heavy atom. The van der Waals surface area contributed by atoms with Gasteiger partial charge in [-0.05, 0) is 25.1 Å². The number of amides is 2. The first-order chi connectivity index (χ1) is 12.4. The fraction of sp³-hybridized carbons (Fsp3) is 0.188. The van der Waals surface area contributed by atoms with Gasteiger partial charge >= 0.3 is 18.5 Å². The molecule has 2 rings (SSSR count). The molecule has 0 atom stereocenters. The fourth-order valence-corrected chi connectivity index (χ4v) is 2.18. The van der Waals surface area contributed by atoms with Crippen molar-refractivity contribution in [3.8, 4) is 0 Å². The Labute approximate surface area is 155 Å². The SMILES string of the molecule is C=C1OC(F)(F)O/C1=C/C(=C\C)NC(=O)Nc1ccc(Cl)c(C(F)(F)F)c1. The van der Waals surface area contributed by atoms with Crippen molar-refractivity contribution in [2.24, 2.45) is 0 Å². The van der Waals surface area contributed by atoms with E-state index in [0.717, 1.165) is 12.1 Å². The van der Waals surface area contributed by atoms with Crippen LogP contribution < -0.4 is 10.6 Å². The lowest BCUT2D eigenvalue weighted by atomic mass is 10.2. The van der Waals surface area contributed by atoms with Crippen molar-refractivity contribution < 1.29 is 36.2 Å². The number of halogens is 6. The predicted octanol–water partition coefficient (Wildman–Crippen LogP) is 5.38. The summed E-state index contributed by atoms with van der Waals surface area (Å²) in [6, 6.07) is 1.88. The van der Waals surface area contributed by atoms with Crippen LogP contribution in [0.1, 0.15) is 12.5 Å². The highest BCUT2D eigenvalue weighted by Gasteiger charge is 2.44. The molecule has 1 aromatic rings. The average Bonchev–Trinajstić information content (AvgIpc) is 2.79. The van der Waals surface area contributed by atoms with Gasteiger partial charge in [0.2, 0.25) is 0 Å². The highest BCUT2D eigenvalue weighted by Crippen LogP contribution is 2.37. The van der Waals surface area contributed by atoms with Crippen LogP contribution in [0.15, 0.2) is 54.1 Å². The number of carbonyl (C=O) groups excluding carboxylic acids is 1. The number of nitrogens with one attached hydrogen (secondary N) is 2. The Kier molecular flexibility index (Phi) is 5.69. The maximum absolute atomic E-state index is 12.9. The standard InChI is InChI=1S/C16H12ClF5N2O3/c1-3-9(7-13-8(2)26-16(21,22)27-13)23-14(25)24-10-4-5-12(17)11(6-10)15(18,19)20/h3-7H,2H2,1H3,(H2,23,24,25)/b9-3+,13-7+. The molecule has 11 heteroatoms. The van der Waals surface area contributed by atoms with Crippen LogP contribution in [0.4, 0.5) is 32.4 Å². The highest BCUT2D eigenvalue weighted by atomic mass is 35.5. The van der Waals surface area contributed by atoms with Crippen molar-refractivity contribution >= 4 is 23.3 Å². The summed E-state index contributed by atoms with van der Waals surface area (Å²) in [5.74, 6) is -0.867. The normalized spacial score (nSPS) is 18.1. The van der Waals surface area contributed by atoms with E-state index in [1.807, 2.05) is 0 Å². The first-order valence-corrected chi connectivity index (χ1v) is 7.57. The molecule has 0 unspecified atom stereocenters. The van der Waals surface area contributed by atoms with Crippen LogP contribution in [-0.4, -0.2) is 12.3 Å². The first-order valence-electron chi connectivity index (χ1n) is 7.19. The molecule has 0 spiro atoms. The summed E-state index contributed by atoms with van der Waals surface area (Å²) in [6.07, 6.45) is -6.22. The summed E-state index contributed by atoms with van der Waals surface area (Å²) >= 11 is 5.50. The molecule has 0 radical (unpaired) electrons. The van der Waals surface area contributed by atoms with Crippen LogP contribution >= 0.6 is 11.6 Å². The van der Waals surface area contributed by atoms with Gasteiger partial charge in [-0.15, -0.1) is 8.78 Å². The van der Waals surface area contributed by atoms with Crippen LogP contribution in [0.25, 0.3) is 0 Å². The van der Waals surface area contributed by atoms with E-state index in [-0.39, 0.29) is 11.4 Å². The maximum Gasteiger partial charge on any atom is 0.586 e. The van der Waals surface area contributed by atoms with Gasteiger partial charge < -0.3 is 20.1 Å². The van der Waals surface area contributed by atoms with Gasteiger partial charge in [-0.2, -0.15) is 13.2 Å². The molecule has 1 fully saturated rings. The Balaban J connectivity index is 2.10. The van der Waals surface area contributed by atoms with E-state index < -0.39 is 40.6 Å². The van der Waals surface area contributed by atoms with E-state index in [1.54, 1.807) is 0 Å². The summed E-state index contributed by atoms with van der Waals surface area (Å²) < 4.78 is 72.7. The maximum atomic E-state index is 12.9. The van der Waals surface area contributed by atoms with Gasteiger partial charge in [0.25, 0.3) is 0 Å².